The van der Waals surface area contributed by atoms with E-state index in [1.807, 2.05) is 48.5 Å². The van der Waals surface area contributed by atoms with Gasteiger partial charge >= 0.3 is 12.4 Å². The predicted molar refractivity (Wildman–Crippen MR) is 328 cm³/mol. The van der Waals surface area contributed by atoms with Crippen LogP contribution in [0.25, 0.3) is 0 Å². The Bertz CT molecular complexity index is 3170. The van der Waals surface area contributed by atoms with E-state index in [0.29, 0.717) is 82.4 Å². The molecule has 4 atom stereocenters. The number of nitrogens with zero attached hydrogens (tertiary/aromatic N) is 5. The largest absolute Gasteiger partial charge is 0.418 e. The van der Waals surface area contributed by atoms with Gasteiger partial charge in [0.05, 0.1) is 45.6 Å². The number of hydrogen-bond acceptors (Lipinski definition) is 17. The highest BCUT2D eigenvalue weighted by molar-refractivity contribution is 5.31. The lowest BCUT2D eigenvalue weighted by molar-refractivity contribution is -0.142. The van der Waals surface area contributed by atoms with Crippen LogP contribution in [-0.4, -0.2) is 132 Å². The van der Waals surface area contributed by atoms with Gasteiger partial charge in [0.1, 0.15) is 39.7 Å². The Morgan fingerprint density at radius 3 is 1.20 bits per heavy atom. The van der Waals surface area contributed by atoms with Gasteiger partial charge in [0.2, 0.25) is 0 Å². The first-order valence-electron chi connectivity index (χ1n) is 31.8. The summed E-state index contributed by atoms with van der Waals surface area (Å²) < 4.78 is 104. The van der Waals surface area contributed by atoms with E-state index in [4.69, 9.17) is 0 Å². The highest BCUT2D eigenvalue weighted by Crippen LogP contribution is 2.45. The van der Waals surface area contributed by atoms with Crippen LogP contribution in [0.2, 0.25) is 0 Å². The zero-order chi connectivity index (χ0) is 65.7. The van der Waals surface area contributed by atoms with Crippen LogP contribution in [0.3, 0.4) is 0 Å². The first kappa shape index (κ1) is 70.3. The predicted octanol–water partition coefficient (Wildman–Crippen LogP) is 7.90. The van der Waals surface area contributed by atoms with Crippen LogP contribution in [0.5, 0.6) is 0 Å². The smallest absolute Gasteiger partial charge is 0.385 e. The molecule has 4 unspecified atom stereocenters. The molecule has 92 heavy (non-hydrogen) atoms. The molecule has 17 nitrogen and oxygen atoms in total. The summed E-state index contributed by atoms with van der Waals surface area (Å²) in [6, 6.07) is 25.9. The second kappa shape index (κ2) is 30.6. The molecule has 0 radical (unpaired) electrons. The van der Waals surface area contributed by atoms with Gasteiger partial charge < -0.3 is 62.5 Å². The number of aliphatic hydroxyl groups is 6. The summed E-state index contributed by atoms with van der Waals surface area (Å²) in [6.07, 6.45) is 10.2. The number of benzene rings is 1. The molecule has 500 valence electrons. The summed E-state index contributed by atoms with van der Waals surface area (Å²) in [5.74, 6) is -0.839. The Kier molecular flexibility index (Phi) is 23.3. The minimum atomic E-state index is -4.48. The molecule has 8 saturated heterocycles. The quantitative estimate of drug-likeness (QED) is 0.0708. The van der Waals surface area contributed by atoms with Crippen LogP contribution < -0.4 is 31.9 Å². The minimum Gasteiger partial charge on any atom is -0.385 e. The Morgan fingerprint density at radius 1 is 0.370 bits per heavy atom. The number of aromatic nitrogens is 5. The molecule has 4 bridgehead atoms. The van der Waals surface area contributed by atoms with Crippen molar-refractivity contribution in [1.29, 1.82) is 0 Å². The van der Waals surface area contributed by atoms with Gasteiger partial charge in [-0.3, -0.25) is 24.9 Å². The highest BCUT2D eigenvalue weighted by Gasteiger charge is 2.49. The molecule has 8 fully saturated rings. The second-order valence-electron chi connectivity index (χ2n) is 25.3. The molecule has 8 aliphatic heterocycles. The van der Waals surface area contributed by atoms with E-state index in [0.717, 1.165) is 94.3 Å². The van der Waals surface area contributed by atoms with Crippen molar-refractivity contribution in [3.8, 4) is 0 Å². The van der Waals surface area contributed by atoms with Crippen molar-refractivity contribution < 1.29 is 65.8 Å². The molecule has 0 saturated carbocycles. The maximum Gasteiger partial charge on any atom is 0.418 e. The van der Waals surface area contributed by atoms with Gasteiger partial charge in [-0.15, -0.1) is 0 Å². The molecule has 8 aliphatic rings. The lowest BCUT2D eigenvalue weighted by atomic mass is 9.81. The third-order valence-corrected chi connectivity index (χ3v) is 18.8. The van der Waals surface area contributed by atoms with E-state index in [1.165, 1.54) is 61.9 Å². The van der Waals surface area contributed by atoms with Crippen LogP contribution in [0.15, 0.2) is 128 Å². The molecule has 1 aromatic carbocycles. The van der Waals surface area contributed by atoms with Crippen molar-refractivity contribution in [2.75, 3.05) is 52.4 Å². The summed E-state index contributed by atoms with van der Waals surface area (Å²) in [7, 11) is 0. The van der Waals surface area contributed by atoms with Crippen LogP contribution in [0.4, 0.5) is 35.1 Å². The summed E-state index contributed by atoms with van der Waals surface area (Å²) in [6.45, 7) is 5.56. The summed E-state index contributed by atoms with van der Waals surface area (Å²) in [5, 5.41) is 81.6. The van der Waals surface area contributed by atoms with Crippen LogP contribution in [-0.2, 0) is 46.0 Å². The molecule has 6 aromatic rings. The Hall–Kier alpha value is -6.07. The average molecular weight is 1290 g/mol. The molecule has 14 rings (SSSR count). The first-order valence-corrected chi connectivity index (χ1v) is 31.8. The SMILES string of the molecule is OC1(c2ccccc2)CC2CCC(C1)N2.OC1(c2ccccn2)CCNCC1.OC1(c2ccncc2F)CCNCC1.OC1(c2ncccc2C(F)(F)F)CC2CCC(C1)N2.OC1(c2ncccc2C(F)(F)F)CCNCC1.OC1(c2ncccc2F)CCNCC1. The van der Waals surface area contributed by atoms with E-state index in [2.05, 4.69) is 56.8 Å². The van der Waals surface area contributed by atoms with Gasteiger partial charge in [-0.05, 0) is 215 Å². The zero-order valence-corrected chi connectivity index (χ0v) is 51.3. The van der Waals surface area contributed by atoms with Gasteiger partial charge in [-0.1, -0.05) is 36.4 Å². The second-order valence-corrected chi connectivity index (χ2v) is 25.3. The summed E-state index contributed by atoms with van der Waals surface area (Å²) in [4.78, 5) is 19.4. The third kappa shape index (κ3) is 17.8. The fourth-order valence-corrected chi connectivity index (χ4v) is 13.9. The van der Waals surface area contributed by atoms with Crippen molar-refractivity contribution >= 4 is 0 Å². The normalized spacial score (nSPS) is 26.6. The van der Waals surface area contributed by atoms with Crippen molar-refractivity contribution in [2.45, 2.75) is 173 Å². The van der Waals surface area contributed by atoms with Crippen molar-refractivity contribution in [2.24, 2.45) is 0 Å². The molecule has 0 amide bonds. The van der Waals surface area contributed by atoms with Gasteiger partial charge in [0.15, 0.2) is 0 Å². The van der Waals surface area contributed by atoms with Gasteiger partial charge in [-0.25, -0.2) is 8.78 Å². The van der Waals surface area contributed by atoms with E-state index >= 15 is 0 Å². The number of halogens is 8. The van der Waals surface area contributed by atoms with E-state index in [9.17, 15) is 65.8 Å². The van der Waals surface area contributed by atoms with E-state index < -0.39 is 68.7 Å². The number of rotatable bonds is 6. The highest BCUT2D eigenvalue weighted by atomic mass is 19.4. The number of pyridine rings is 5. The first-order chi connectivity index (χ1) is 43.8. The average Bonchev–Trinajstić information content (AvgIpc) is 1.39. The van der Waals surface area contributed by atoms with Gasteiger partial charge in [-0.2, -0.15) is 26.3 Å². The monoisotopic (exact) mass is 1290 g/mol. The molecule has 5 aromatic heterocycles. The topological polar surface area (TPSA) is 258 Å². The lowest BCUT2D eigenvalue weighted by Gasteiger charge is -2.37. The van der Waals surface area contributed by atoms with E-state index in [-0.39, 0.29) is 42.0 Å². The Labute approximate surface area is 530 Å². The molecule has 13 heterocycles. The number of hydrogen-bond donors (Lipinski definition) is 12. The minimum absolute atomic E-state index is 0.0897. The van der Waals surface area contributed by atoms with Crippen molar-refractivity contribution in [1.82, 2.24) is 56.8 Å². The molecular formula is C67H85F8N11O6. The van der Waals surface area contributed by atoms with Crippen molar-refractivity contribution in [3.05, 3.63) is 185 Å². The standard InChI is InChI=1S/C13H15F3N2O.C13H17NO.C11H13F3N2O.2C10H13FN2O.C10H14N2O/c14-13(15,16)10-2-1-5-17-11(10)12(19)6-8-3-4-9(7-12)18-8;15-13(10-4-2-1-3-5-10)8-11-6-7-12(9-13)14-11;12-11(13,14)8-2-1-5-16-9(8)10(17)3-6-15-7-4-10;11-9-7-13-4-1-8(9)10(14)2-5-12-6-3-10;11-8-2-1-5-13-9(8)10(14)3-6-12-7-4-10;13-10(4-7-11-8-5-10)9-3-1-2-6-12-9/h1-2,5,8-9,18-19H,3-4,6-7H2;1-5,11-12,14-15H,6-9H2;1-2,5,15,17H,3-4,6-7H2;1,4,7,12,14H,2-3,5-6H2;1-2,5,12,14H,3-4,6-7H2;1-3,6,11,13H,4-5,7-8H2. The third-order valence-electron chi connectivity index (χ3n) is 18.8. The number of fused-ring (bicyclic) bond motifs is 4. The molecule has 25 heteroatoms. The molecule has 0 spiro atoms. The Morgan fingerprint density at radius 2 is 0.761 bits per heavy atom. The van der Waals surface area contributed by atoms with Crippen molar-refractivity contribution in [3.63, 3.8) is 0 Å². The Balaban J connectivity index is 0.000000131. The fraction of sp³-hybridized carbons (Fsp3) is 0.537. The van der Waals surface area contributed by atoms with E-state index in [1.54, 1.807) is 12.3 Å². The molecule has 0 aliphatic carbocycles. The maximum atomic E-state index is 13.4. The number of nitrogens with one attached hydrogen (secondary N) is 6. The molecule has 12 N–H and O–H groups in total. The zero-order valence-electron chi connectivity index (χ0n) is 51.3. The van der Waals surface area contributed by atoms with Gasteiger partial charge in [0, 0.05) is 60.7 Å². The maximum absolute atomic E-state index is 13.4. The molecular weight excluding hydrogens is 1210 g/mol. The summed E-state index contributed by atoms with van der Waals surface area (Å²) in [5.41, 5.74) is -6.03. The van der Waals surface area contributed by atoms with Gasteiger partial charge in [0.25, 0.3) is 0 Å². The van der Waals surface area contributed by atoms with Crippen LogP contribution >= 0.6 is 0 Å². The van der Waals surface area contributed by atoms with Crippen LogP contribution in [0, 0.1) is 11.6 Å². The number of piperidine rings is 6. The number of alkyl halides is 6. The fourth-order valence-electron chi connectivity index (χ4n) is 13.9. The lowest BCUT2D eigenvalue weighted by Crippen LogP contribution is -2.47. The van der Waals surface area contributed by atoms with Crippen LogP contribution in [0.1, 0.15) is 148 Å². The summed E-state index contributed by atoms with van der Waals surface area (Å²) >= 11 is 0.